The predicted octanol–water partition coefficient (Wildman–Crippen LogP) is 2.82. The number of nitrogens with two attached hydrogens (primary N) is 1. The van der Waals surface area contributed by atoms with Crippen molar-refractivity contribution < 1.29 is 13.5 Å². The maximum atomic E-state index is 11.9. The van der Waals surface area contributed by atoms with Gasteiger partial charge in [0.15, 0.2) is 0 Å². The molecular formula is C12H17F2NO. The van der Waals surface area contributed by atoms with Crippen LogP contribution in [0.25, 0.3) is 0 Å². The zero-order valence-corrected chi connectivity index (χ0v) is 9.33. The summed E-state index contributed by atoms with van der Waals surface area (Å²) < 4.78 is 28.0. The molecule has 0 aliphatic carbocycles. The van der Waals surface area contributed by atoms with Crippen molar-refractivity contribution in [2.75, 3.05) is 6.54 Å². The number of hydrogen-bond acceptors (Lipinski definition) is 2. The van der Waals surface area contributed by atoms with Crippen LogP contribution in [0, 0.1) is 5.92 Å². The van der Waals surface area contributed by atoms with Crippen LogP contribution in [0.1, 0.15) is 18.9 Å². The van der Waals surface area contributed by atoms with E-state index in [1.165, 1.54) is 0 Å². The summed E-state index contributed by atoms with van der Waals surface area (Å²) in [7, 11) is 0. The molecular weight excluding hydrogens is 212 g/mol. The van der Waals surface area contributed by atoms with Crippen molar-refractivity contribution in [2.24, 2.45) is 11.7 Å². The lowest BCUT2D eigenvalue weighted by molar-refractivity contribution is -0.0498. The first-order chi connectivity index (χ1) is 7.61. The molecule has 0 spiro atoms. The molecule has 0 saturated heterocycles. The second-order valence-electron chi connectivity index (χ2n) is 3.90. The third kappa shape index (κ3) is 4.57. The Labute approximate surface area is 94.4 Å². The van der Waals surface area contributed by atoms with Crippen LogP contribution < -0.4 is 10.5 Å². The van der Waals surface area contributed by atoms with Crippen LogP contribution >= 0.6 is 0 Å². The molecule has 0 amide bonds. The standard InChI is InChI=1S/C12H17F2NO/c1-9(8-15)2-3-10-4-6-11(7-5-10)16-12(13)14/h4-7,9,12H,2-3,8,15H2,1H3. The summed E-state index contributed by atoms with van der Waals surface area (Å²) in [5, 5.41) is 0. The van der Waals surface area contributed by atoms with Crippen molar-refractivity contribution >= 4 is 0 Å². The van der Waals surface area contributed by atoms with Crippen LogP contribution in [0.2, 0.25) is 0 Å². The Hall–Kier alpha value is -1.16. The van der Waals surface area contributed by atoms with E-state index in [4.69, 9.17) is 5.73 Å². The summed E-state index contributed by atoms with van der Waals surface area (Å²) in [6.07, 6.45) is 1.92. The van der Waals surface area contributed by atoms with Gasteiger partial charge in [-0.1, -0.05) is 19.1 Å². The number of alkyl halides is 2. The maximum absolute atomic E-state index is 11.9. The molecule has 90 valence electrons. The number of aryl methyl sites for hydroxylation is 1. The monoisotopic (exact) mass is 229 g/mol. The average Bonchev–Trinajstić information content (AvgIpc) is 2.27. The highest BCUT2D eigenvalue weighted by Crippen LogP contribution is 2.16. The fraction of sp³-hybridized carbons (Fsp3) is 0.500. The van der Waals surface area contributed by atoms with E-state index in [0.29, 0.717) is 12.5 Å². The molecule has 0 aromatic heterocycles. The van der Waals surface area contributed by atoms with Crippen molar-refractivity contribution in [1.29, 1.82) is 0 Å². The van der Waals surface area contributed by atoms with Gasteiger partial charge >= 0.3 is 6.61 Å². The van der Waals surface area contributed by atoms with Gasteiger partial charge in [-0.3, -0.25) is 0 Å². The number of benzene rings is 1. The lowest BCUT2D eigenvalue weighted by Crippen LogP contribution is -2.11. The highest BCUT2D eigenvalue weighted by Gasteiger charge is 2.04. The Balaban J connectivity index is 2.45. The summed E-state index contributed by atoms with van der Waals surface area (Å²) in [5.41, 5.74) is 6.62. The van der Waals surface area contributed by atoms with Crippen LogP contribution in [0.4, 0.5) is 8.78 Å². The van der Waals surface area contributed by atoms with E-state index < -0.39 is 6.61 Å². The van der Waals surface area contributed by atoms with E-state index in [-0.39, 0.29) is 5.75 Å². The largest absolute Gasteiger partial charge is 0.435 e. The highest BCUT2D eigenvalue weighted by atomic mass is 19.3. The van der Waals surface area contributed by atoms with Gasteiger partial charge in [-0.05, 0) is 43.0 Å². The third-order valence-electron chi connectivity index (χ3n) is 2.48. The van der Waals surface area contributed by atoms with Crippen molar-refractivity contribution in [1.82, 2.24) is 0 Å². The molecule has 0 heterocycles. The van der Waals surface area contributed by atoms with Gasteiger partial charge in [0.1, 0.15) is 5.75 Å². The van der Waals surface area contributed by atoms with E-state index in [1.807, 2.05) is 0 Å². The lowest BCUT2D eigenvalue weighted by Gasteiger charge is -2.09. The van der Waals surface area contributed by atoms with E-state index in [1.54, 1.807) is 24.3 Å². The summed E-state index contributed by atoms with van der Waals surface area (Å²) in [6, 6.07) is 6.74. The Bertz CT molecular complexity index is 300. The highest BCUT2D eigenvalue weighted by molar-refractivity contribution is 5.27. The van der Waals surface area contributed by atoms with Crippen LogP contribution in [-0.2, 0) is 6.42 Å². The molecule has 16 heavy (non-hydrogen) atoms. The van der Waals surface area contributed by atoms with Gasteiger partial charge in [-0.15, -0.1) is 0 Å². The van der Waals surface area contributed by atoms with Crippen molar-refractivity contribution in [3.8, 4) is 5.75 Å². The molecule has 2 N–H and O–H groups in total. The number of halogens is 2. The van der Waals surface area contributed by atoms with Crippen LogP contribution in [0.3, 0.4) is 0 Å². The smallest absolute Gasteiger partial charge is 0.387 e. The predicted molar refractivity (Wildman–Crippen MR) is 59.6 cm³/mol. The summed E-state index contributed by atoms with van der Waals surface area (Å²) >= 11 is 0. The molecule has 1 unspecified atom stereocenters. The fourth-order valence-electron chi connectivity index (χ4n) is 1.37. The summed E-state index contributed by atoms with van der Waals surface area (Å²) in [5.74, 6) is 0.683. The molecule has 0 radical (unpaired) electrons. The van der Waals surface area contributed by atoms with Crippen LogP contribution in [0.5, 0.6) is 5.75 Å². The first-order valence-corrected chi connectivity index (χ1v) is 5.35. The molecule has 4 heteroatoms. The van der Waals surface area contributed by atoms with Crippen LogP contribution in [-0.4, -0.2) is 13.2 Å². The van der Waals surface area contributed by atoms with E-state index in [2.05, 4.69) is 11.7 Å². The van der Waals surface area contributed by atoms with Gasteiger partial charge in [0.05, 0.1) is 0 Å². The molecule has 0 fully saturated rings. The first kappa shape index (κ1) is 12.9. The second-order valence-corrected chi connectivity index (χ2v) is 3.90. The minimum absolute atomic E-state index is 0.200. The molecule has 0 aliphatic rings. The Morgan fingerprint density at radius 1 is 1.25 bits per heavy atom. The Kier molecular flexibility index (Phi) is 5.19. The SMILES string of the molecule is CC(CN)CCc1ccc(OC(F)F)cc1. The summed E-state index contributed by atoms with van der Waals surface area (Å²) in [6.45, 7) is 0.00373. The molecule has 0 saturated carbocycles. The maximum Gasteiger partial charge on any atom is 0.387 e. The van der Waals surface area contributed by atoms with Crippen molar-refractivity contribution in [2.45, 2.75) is 26.4 Å². The normalized spacial score (nSPS) is 12.8. The molecule has 2 nitrogen and oxygen atoms in total. The number of ether oxygens (including phenoxy) is 1. The fourth-order valence-corrected chi connectivity index (χ4v) is 1.37. The lowest BCUT2D eigenvalue weighted by atomic mass is 10.0. The zero-order chi connectivity index (χ0) is 12.0. The van der Waals surface area contributed by atoms with Gasteiger partial charge in [0.2, 0.25) is 0 Å². The average molecular weight is 229 g/mol. The Morgan fingerprint density at radius 3 is 2.38 bits per heavy atom. The van der Waals surface area contributed by atoms with Gasteiger partial charge in [0, 0.05) is 0 Å². The third-order valence-corrected chi connectivity index (χ3v) is 2.48. The molecule has 1 rings (SSSR count). The van der Waals surface area contributed by atoms with E-state index in [9.17, 15) is 8.78 Å². The van der Waals surface area contributed by atoms with Crippen molar-refractivity contribution in [3.63, 3.8) is 0 Å². The first-order valence-electron chi connectivity index (χ1n) is 5.35. The molecule has 0 aliphatic heterocycles. The second kappa shape index (κ2) is 6.43. The van der Waals surface area contributed by atoms with Crippen LogP contribution in [0.15, 0.2) is 24.3 Å². The van der Waals surface area contributed by atoms with E-state index in [0.717, 1.165) is 18.4 Å². The minimum Gasteiger partial charge on any atom is -0.435 e. The summed E-state index contributed by atoms with van der Waals surface area (Å²) in [4.78, 5) is 0. The zero-order valence-electron chi connectivity index (χ0n) is 9.33. The quantitative estimate of drug-likeness (QED) is 0.814. The Morgan fingerprint density at radius 2 is 1.88 bits per heavy atom. The molecule has 1 atom stereocenters. The molecule has 0 bridgehead atoms. The minimum atomic E-state index is -2.76. The topological polar surface area (TPSA) is 35.2 Å². The number of rotatable bonds is 6. The molecule has 1 aromatic rings. The van der Waals surface area contributed by atoms with Crippen molar-refractivity contribution in [3.05, 3.63) is 29.8 Å². The van der Waals surface area contributed by atoms with Gasteiger partial charge in [0.25, 0.3) is 0 Å². The molecule has 1 aromatic carbocycles. The van der Waals surface area contributed by atoms with Gasteiger partial charge in [-0.2, -0.15) is 8.78 Å². The number of hydrogen-bond donors (Lipinski definition) is 1. The van der Waals surface area contributed by atoms with Gasteiger partial charge < -0.3 is 10.5 Å². The van der Waals surface area contributed by atoms with E-state index >= 15 is 0 Å². The van der Waals surface area contributed by atoms with Gasteiger partial charge in [-0.25, -0.2) is 0 Å².